The van der Waals surface area contributed by atoms with Crippen LogP contribution < -0.4 is 5.32 Å². The third-order valence-corrected chi connectivity index (χ3v) is 6.07. The number of nitrogens with one attached hydrogen (secondary N) is 1. The predicted octanol–water partition coefficient (Wildman–Crippen LogP) is 4.56. The summed E-state index contributed by atoms with van der Waals surface area (Å²) in [5.74, 6) is -0.295. The number of halogens is 1. The van der Waals surface area contributed by atoms with Gasteiger partial charge in [-0.1, -0.05) is 28.1 Å². The van der Waals surface area contributed by atoms with E-state index in [1.54, 1.807) is 0 Å². The van der Waals surface area contributed by atoms with E-state index in [0.717, 1.165) is 42.4 Å². The molecule has 0 bridgehead atoms. The highest BCUT2D eigenvalue weighted by atomic mass is 79.9. The van der Waals surface area contributed by atoms with Crippen LogP contribution in [0.4, 0.5) is 0 Å². The molecule has 1 spiro atoms. The quantitative estimate of drug-likeness (QED) is 0.721. The van der Waals surface area contributed by atoms with Crippen molar-refractivity contribution in [3.63, 3.8) is 0 Å². The Morgan fingerprint density at radius 2 is 1.92 bits per heavy atom. The Morgan fingerprint density at radius 3 is 2.54 bits per heavy atom. The van der Waals surface area contributed by atoms with Gasteiger partial charge in [0.25, 0.3) is 0 Å². The molecule has 0 aromatic heterocycles. The smallest absolute Gasteiger partial charge is 0.332 e. The van der Waals surface area contributed by atoms with Gasteiger partial charge in [0, 0.05) is 11.0 Å². The molecule has 1 saturated heterocycles. The number of carbonyl (C=O) groups excluding carboxylic acids is 1. The molecule has 1 saturated carbocycles. The molecule has 2 atom stereocenters. The lowest BCUT2D eigenvalue weighted by atomic mass is 9.77. The second-order valence-corrected chi connectivity index (χ2v) is 9.75. The molecule has 144 valence electrons. The van der Waals surface area contributed by atoms with Crippen molar-refractivity contribution in [1.82, 2.24) is 5.32 Å². The van der Waals surface area contributed by atoms with Crippen LogP contribution in [0.25, 0.3) is 0 Å². The maximum absolute atomic E-state index is 12.2. The molecule has 1 aromatic carbocycles. The van der Waals surface area contributed by atoms with Crippen LogP contribution in [0.3, 0.4) is 0 Å². The van der Waals surface area contributed by atoms with Gasteiger partial charge in [0.2, 0.25) is 0 Å². The summed E-state index contributed by atoms with van der Waals surface area (Å²) < 4.78 is 12.8. The normalized spacial score (nSPS) is 29.1. The standard InChI is InChI=1S/C21H30BrNO3/c1-19(2,3)26-18(24)13-25-21(16-5-7-17(22)8-6-16)11-10-20(14-21)9-4-12-23-15-20/h5-8,23H,4,9-15H2,1-3H3. The van der Waals surface area contributed by atoms with E-state index in [1.807, 2.05) is 20.8 Å². The van der Waals surface area contributed by atoms with Gasteiger partial charge in [0.15, 0.2) is 0 Å². The monoisotopic (exact) mass is 423 g/mol. The van der Waals surface area contributed by atoms with Crippen LogP contribution in [0.1, 0.15) is 58.4 Å². The Balaban J connectivity index is 1.79. The first-order chi connectivity index (χ1) is 12.2. The SMILES string of the molecule is CC(C)(C)OC(=O)COC1(c2ccc(Br)cc2)CCC2(CCCNC2)C1. The number of ether oxygens (including phenoxy) is 2. The van der Waals surface area contributed by atoms with Gasteiger partial charge in [0.1, 0.15) is 12.2 Å². The largest absolute Gasteiger partial charge is 0.458 e. The van der Waals surface area contributed by atoms with Gasteiger partial charge in [0.05, 0.1) is 5.60 Å². The number of benzene rings is 1. The van der Waals surface area contributed by atoms with Crippen molar-refractivity contribution in [2.75, 3.05) is 19.7 Å². The third-order valence-electron chi connectivity index (χ3n) is 5.54. The Hall–Kier alpha value is -0.910. The molecule has 1 heterocycles. The Labute approximate surface area is 165 Å². The first kappa shape index (κ1) is 19.8. The average molecular weight is 424 g/mol. The summed E-state index contributed by atoms with van der Waals surface area (Å²) in [5, 5.41) is 3.56. The average Bonchev–Trinajstić information content (AvgIpc) is 2.92. The van der Waals surface area contributed by atoms with Crippen molar-refractivity contribution in [3.8, 4) is 0 Å². The summed E-state index contributed by atoms with van der Waals surface area (Å²) in [5.41, 5.74) is 0.539. The van der Waals surface area contributed by atoms with E-state index in [9.17, 15) is 4.79 Å². The number of carbonyl (C=O) groups is 1. The highest BCUT2D eigenvalue weighted by molar-refractivity contribution is 9.10. The number of piperidine rings is 1. The molecule has 26 heavy (non-hydrogen) atoms. The molecule has 0 amide bonds. The molecule has 2 fully saturated rings. The lowest BCUT2D eigenvalue weighted by Gasteiger charge is -2.37. The van der Waals surface area contributed by atoms with Crippen molar-refractivity contribution >= 4 is 21.9 Å². The summed E-state index contributed by atoms with van der Waals surface area (Å²) in [6, 6.07) is 8.35. The molecular weight excluding hydrogens is 394 g/mol. The lowest BCUT2D eigenvalue weighted by Crippen LogP contribution is -2.40. The zero-order valence-electron chi connectivity index (χ0n) is 16.1. The molecule has 4 nitrogen and oxygen atoms in total. The number of hydrogen-bond donors (Lipinski definition) is 1. The van der Waals surface area contributed by atoms with E-state index in [-0.39, 0.29) is 18.0 Å². The second-order valence-electron chi connectivity index (χ2n) is 8.83. The second kappa shape index (κ2) is 7.61. The van der Waals surface area contributed by atoms with E-state index in [4.69, 9.17) is 9.47 Å². The Kier molecular flexibility index (Phi) is 5.80. The first-order valence-corrected chi connectivity index (χ1v) is 10.3. The highest BCUT2D eigenvalue weighted by Gasteiger charge is 2.50. The molecule has 1 N–H and O–H groups in total. The fourth-order valence-corrected chi connectivity index (χ4v) is 4.68. The third kappa shape index (κ3) is 4.68. The van der Waals surface area contributed by atoms with Crippen LogP contribution in [0.5, 0.6) is 0 Å². The van der Waals surface area contributed by atoms with Crippen molar-refractivity contribution < 1.29 is 14.3 Å². The van der Waals surface area contributed by atoms with Crippen LogP contribution in [0.2, 0.25) is 0 Å². The molecule has 1 aromatic rings. The molecule has 1 aliphatic carbocycles. The molecule has 2 unspecified atom stereocenters. The topological polar surface area (TPSA) is 47.6 Å². The molecule has 2 aliphatic rings. The van der Waals surface area contributed by atoms with E-state index in [2.05, 4.69) is 45.5 Å². The molecule has 5 heteroatoms. The summed E-state index contributed by atoms with van der Waals surface area (Å²) in [7, 11) is 0. The summed E-state index contributed by atoms with van der Waals surface area (Å²) in [6.07, 6.45) is 5.47. The van der Waals surface area contributed by atoms with Crippen molar-refractivity contribution in [2.45, 2.75) is 64.1 Å². The summed E-state index contributed by atoms with van der Waals surface area (Å²) in [4.78, 5) is 12.2. The van der Waals surface area contributed by atoms with E-state index < -0.39 is 11.2 Å². The maximum atomic E-state index is 12.2. The maximum Gasteiger partial charge on any atom is 0.332 e. The lowest BCUT2D eigenvalue weighted by molar-refractivity contribution is -0.168. The Bertz CT molecular complexity index is 632. The minimum atomic E-state index is -0.491. The summed E-state index contributed by atoms with van der Waals surface area (Å²) in [6.45, 7) is 7.79. The molecule has 3 rings (SSSR count). The van der Waals surface area contributed by atoms with Gasteiger partial charge in [-0.25, -0.2) is 4.79 Å². The zero-order valence-corrected chi connectivity index (χ0v) is 17.7. The van der Waals surface area contributed by atoms with Crippen LogP contribution in [-0.4, -0.2) is 31.3 Å². The predicted molar refractivity (Wildman–Crippen MR) is 106 cm³/mol. The van der Waals surface area contributed by atoms with Crippen molar-refractivity contribution in [3.05, 3.63) is 34.3 Å². The fourth-order valence-electron chi connectivity index (χ4n) is 4.42. The van der Waals surface area contributed by atoms with Gasteiger partial charge in [-0.2, -0.15) is 0 Å². The Morgan fingerprint density at radius 1 is 1.19 bits per heavy atom. The van der Waals surface area contributed by atoms with E-state index >= 15 is 0 Å². The first-order valence-electron chi connectivity index (χ1n) is 9.55. The molecule has 1 aliphatic heterocycles. The molecular formula is C21H30BrNO3. The van der Waals surface area contributed by atoms with Crippen LogP contribution in [-0.2, 0) is 19.9 Å². The van der Waals surface area contributed by atoms with Crippen LogP contribution in [0, 0.1) is 5.41 Å². The van der Waals surface area contributed by atoms with E-state index in [1.165, 1.54) is 12.8 Å². The minimum Gasteiger partial charge on any atom is -0.458 e. The fraction of sp³-hybridized carbons (Fsp3) is 0.667. The summed E-state index contributed by atoms with van der Waals surface area (Å²) >= 11 is 3.51. The molecule has 0 radical (unpaired) electrons. The van der Waals surface area contributed by atoms with Gasteiger partial charge in [-0.3, -0.25) is 0 Å². The van der Waals surface area contributed by atoms with Gasteiger partial charge >= 0.3 is 5.97 Å². The van der Waals surface area contributed by atoms with Crippen molar-refractivity contribution in [2.24, 2.45) is 5.41 Å². The van der Waals surface area contributed by atoms with E-state index in [0.29, 0.717) is 0 Å². The van der Waals surface area contributed by atoms with Crippen LogP contribution in [0.15, 0.2) is 28.7 Å². The minimum absolute atomic E-state index is 0.00313. The van der Waals surface area contributed by atoms with Gasteiger partial charge < -0.3 is 14.8 Å². The van der Waals surface area contributed by atoms with Gasteiger partial charge in [-0.15, -0.1) is 0 Å². The number of esters is 1. The van der Waals surface area contributed by atoms with Gasteiger partial charge in [-0.05, 0) is 82.5 Å². The zero-order chi connectivity index (χ0) is 18.8. The number of hydrogen-bond acceptors (Lipinski definition) is 4. The highest BCUT2D eigenvalue weighted by Crippen LogP contribution is 2.54. The van der Waals surface area contributed by atoms with Crippen LogP contribution >= 0.6 is 15.9 Å². The van der Waals surface area contributed by atoms with Crippen molar-refractivity contribution in [1.29, 1.82) is 0 Å². The number of rotatable bonds is 4.